The van der Waals surface area contributed by atoms with E-state index >= 15 is 0 Å². The van der Waals surface area contributed by atoms with Crippen molar-refractivity contribution < 1.29 is 14.3 Å². The van der Waals surface area contributed by atoms with E-state index in [4.69, 9.17) is 40.2 Å². The van der Waals surface area contributed by atoms with Gasteiger partial charge in [-0.3, -0.25) is 19.8 Å². The molecule has 0 aromatic heterocycles. The topological polar surface area (TPSA) is 58.6 Å². The van der Waals surface area contributed by atoms with Gasteiger partial charge in [-0.25, -0.2) is 0 Å². The van der Waals surface area contributed by atoms with Crippen LogP contribution in [-0.2, 0) is 16.2 Å². The van der Waals surface area contributed by atoms with Crippen LogP contribution in [0.25, 0.3) is 6.08 Å². The number of hydrogen-bond donors (Lipinski definition) is 1. The van der Waals surface area contributed by atoms with Crippen molar-refractivity contribution in [2.45, 2.75) is 13.5 Å². The summed E-state index contributed by atoms with van der Waals surface area (Å²) in [6.45, 7) is 2.44. The molecule has 1 aliphatic heterocycles. The summed E-state index contributed by atoms with van der Waals surface area (Å²) in [5.41, 5.74) is 3.05. The minimum Gasteiger partial charge on any atom is -0.487 e. The summed E-state index contributed by atoms with van der Waals surface area (Å²) in [7, 11) is 0. The fourth-order valence-electron chi connectivity index (χ4n) is 3.35. The maximum atomic E-state index is 13.3. The second-order valence-corrected chi connectivity index (χ2v) is 10.8. The van der Waals surface area contributed by atoms with E-state index in [0.29, 0.717) is 22.4 Å². The van der Waals surface area contributed by atoms with Crippen molar-refractivity contribution in [3.05, 3.63) is 94.9 Å². The van der Waals surface area contributed by atoms with Crippen LogP contribution >= 0.6 is 73.9 Å². The second kappa shape index (κ2) is 11.0. The van der Waals surface area contributed by atoms with Crippen LogP contribution in [0.2, 0.25) is 10.0 Å². The zero-order valence-electron chi connectivity index (χ0n) is 18.1. The van der Waals surface area contributed by atoms with Crippen molar-refractivity contribution in [2.24, 2.45) is 0 Å². The van der Waals surface area contributed by atoms with Crippen LogP contribution in [0.1, 0.15) is 16.7 Å². The fraction of sp³-hybridized carbons (Fsp3) is 0.0800. The van der Waals surface area contributed by atoms with Gasteiger partial charge < -0.3 is 4.74 Å². The molecule has 0 aliphatic carbocycles. The molecule has 1 aliphatic rings. The molecule has 0 spiro atoms. The van der Waals surface area contributed by atoms with E-state index < -0.39 is 11.8 Å². The highest BCUT2D eigenvalue weighted by Crippen LogP contribution is 2.36. The average Bonchev–Trinajstić information content (AvgIpc) is 2.80. The molecule has 0 unspecified atom stereocenters. The Morgan fingerprint density at radius 1 is 1.14 bits per heavy atom. The van der Waals surface area contributed by atoms with Crippen molar-refractivity contribution in [2.75, 3.05) is 4.90 Å². The molecular formula is C25H16BrCl2IN2O3S. The lowest BCUT2D eigenvalue weighted by Crippen LogP contribution is -2.54. The first kappa shape index (κ1) is 26.1. The van der Waals surface area contributed by atoms with Gasteiger partial charge in [-0.15, -0.1) is 0 Å². The number of benzene rings is 3. The molecular weight excluding hydrogens is 686 g/mol. The Morgan fingerprint density at radius 2 is 1.86 bits per heavy atom. The lowest BCUT2D eigenvalue weighted by molar-refractivity contribution is -0.122. The van der Waals surface area contributed by atoms with Crippen molar-refractivity contribution >= 4 is 103 Å². The van der Waals surface area contributed by atoms with Crippen molar-refractivity contribution in [1.82, 2.24) is 5.32 Å². The Bertz CT molecular complexity index is 1370. The number of thiocarbonyl (C=S) groups is 1. The number of nitrogens with one attached hydrogen (secondary N) is 1. The van der Waals surface area contributed by atoms with E-state index in [1.807, 2.05) is 37.3 Å². The molecule has 35 heavy (non-hydrogen) atoms. The van der Waals surface area contributed by atoms with Gasteiger partial charge in [-0.2, -0.15) is 0 Å². The third kappa shape index (κ3) is 5.72. The number of halogens is 4. The van der Waals surface area contributed by atoms with Gasteiger partial charge >= 0.3 is 0 Å². The molecule has 0 radical (unpaired) electrons. The van der Waals surface area contributed by atoms with Gasteiger partial charge in [0.25, 0.3) is 11.8 Å². The number of amides is 2. The van der Waals surface area contributed by atoms with Crippen molar-refractivity contribution in [1.29, 1.82) is 0 Å². The molecule has 0 bridgehead atoms. The summed E-state index contributed by atoms with van der Waals surface area (Å²) in [5.74, 6) is -0.532. The van der Waals surface area contributed by atoms with Gasteiger partial charge in [0.05, 0.1) is 23.8 Å². The van der Waals surface area contributed by atoms with Crippen LogP contribution in [-0.4, -0.2) is 16.9 Å². The molecule has 4 rings (SSSR count). The molecule has 5 nitrogen and oxygen atoms in total. The zero-order chi connectivity index (χ0) is 25.3. The number of hydrogen-bond acceptors (Lipinski definition) is 4. The summed E-state index contributed by atoms with van der Waals surface area (Å²) < 4.78 is 7.52. The van der Waals surface area contributed by atoms with E-state index in [2.05, 4.69) is 43.8 Å². The highest BCUT2D eigenvalue weighted by atomic mass is 127. The Hall–Kier alpha value is -1.98. The number of aryl methyl sites for hydroxylation is 1. The van der Waals surface area contributed by atoms with E-state index in [-0.39, 0.29) is 26.4 Å². The predicted octanol–water partition coefficient (Wildman–Crippen LogP) is 7.08. The molecule has 0 saturated carbocycles. The summed E-state index contributed by atoms with van der Waals surface area (Å²) in [4.78, 5) is 27.1. The van der Waals surface area contributed by atoms with Gasteiger partial charge in [0, 0.05) is 0 Å². The largest absolute Gasteiger partial charge is 0.487 e. The highest BCUT2D eigenvalue weighted by Gasteiger charge is 2.35. The molecule has 1 N–H and O–H groups in total. The summed E-state index contributed by atoms with van der Waals surface area (Å²) in [6, 6.07) is 16.6. The monoisotopic (exact) mass is 700 g/mol. The third-order valence-electron chi connectivity index (χ3n) is 5.11. The number of rotatable bonds is 5. The summed E-state index contributed by atoms with van der Waals surface area (Å²) in [6.07, 6.45) is 1.50. The predicted molar refractivity (Wildman–Crippen MR) is 155 cm³/mol. The lowest BCUT2D eigenvalue weighted by Gasteiger charge is -2.29. The summed E-state index contributed by atoms with van der Waals surface area (Å²) >= 11 is 23.4. The van der Waals surface area contributed by atoms with Crippen molar-refractivity contribution in [3.8, 4) is 5.75 Å². The first-order chi connectivity index (χ1) is 16.7. The molecule has 10 heteroatoms. The molecule has 1 heterocycles. The molecule has 1 saturated heterocycles. The average molecular weight is 702 g/mol. The SMILES string of the molecule is Cc1ccc(COc2c(Br)cc(/C=C3\C(=O)NC(=S)N(c4cccc(Cl)c4Cl)C3=O)cc2I)cc1. The van der Waals surface area contributed by atoms with Gasteiger partial charge in [0.2, 0.25) is 0 Å². The lowest BCUT2D eigenvalue weighted by atomic mass is 10.1. The number of carbonyl (C=O) groups is 2. The van der Waals surface area contributed by atoms with Gasteiger partial charge in [-0.05, 0) is 99.1 Å². The van der Waals surface area contributed by atoms with Crippen LogP contribution < -0.4 is 15.0 Å². The Kier molecular flexibility index (Phi) is 8.17. The standard InChI is InChI=1S/C25H16BrCl2IN2O3S/c1-13-5-7-14(8-6-13)12-34-22-17(26)10-15(11-19(22)29)9-16-23(32)30-25(35)31(24(16)33)20-4-2-3-18(27)21(20)28/h2-11H,12H2,1H3,(H,30,32,35)/b16-9+. The van der Waals surface area contributed by atoms with Gasteiger partial charge in [-0.1, -0.05) is 59.1 Å². The normalized spacial score (nSPS) is 14.9. The van der Waals surface area contributed by atoms with E-state index in [0.717, 1.165) is 14.0 Å². The Labute approximate surface area is 239 Å². The number of anilines is 1. The minimum atomic E-state index is -0.603. The maximum absolute atomic E-state index is 13.3. The van der Waals surface area contributed by atoms with Crippen LogP contribution in [0, 0.1) is 10.5 Å². The molecule has 2 amide bonds. The maximum Gasteiger partial charge on any atom is 0.270 e. The smallest absolute Gasteiger partial charge is 0.270 e. The number of carbonyl (C=O) groups excluding carboxylic acids is 2. The van der Waals surface area contributed by atoms with E-state index in [9.17, 15) is 9.59 Å². The summed E-state index contributed by atoms with van der Waals surface area (Å²) in [5, 5.41) is 2.90. The van der Waals surface area contributed by atoms with Crippen LogP contribution in [0.3, 0.4) is 0 Å². The van der Waals surface area contributed by atoms with Crippen molar-refractivity contribution in [3.63, 3.8) is 0 Å². The third-order valence-corrected chi connectivity index (χ3v) is 7.59. The molecule has 0 atom stereocenters. The van der Waals surface area contributed by atoms with E-state index in [1.54, 1.807) is 24.3 Å². The molecule has 3 aromatic carbocycles. The number of nitrogens with zero attached hydrogens (tertiary/aromatic N) is 1. The van der Waals surface area contributed by atoms with Crippen LogP contribution in [0.5, 0.6) is 5.75 Å². The first-order valence-electron chi connectivity index (χ1n) is 10.2. The fourth-order valence-corrected chi connectivity index (χ4v) is 5.77. The van der Waals surface area contributed by atoms with Gasteiger partial charge in [0.1, 0.15) is 17.9 Å². The minimum absolute atomic E-state index is 0.0723. The Morgan fingerprint density at radius 3 is 2.54 bits per heavy atom. The first-order valence-corrected chi connectivity index (χ1v) is 13.2. The quantitative estimate of drug-likeness (QED) is 0.134. The highest BCUT2D eigenvalue weighted by molar-refractivity contribution is 14.1. The zero-order valence-corrected chi connectivity index (χ0v) is 24.1. The van der Waals surface area contributed by atoms with Crippen LogP contribution in [0.4, 0.5) is 5.69 Å². The second-order valence-electron chi connectivity index (χ2n) is 7.62. The molecule has 1 fully saturated rings. The molecule has 3 aromatic rings. The number of ether oxygens (including phenoxy) is 1. The van der Waals surface area contributed by atoms with Gasteiger partial charge in [0.15, 0.2) is 5.11 Å². The molecule has 178 valence electrons. The van der Waals surface area contributed by atoms with E-state index in [1.165, 1.54) is 11.6 Å². The Balaban J connectivity index is 1.63. The van der Waals surface area contributed by atoms with Crippen LogP contribution in [0.15, 0.2) is 64.6 Å².